The van der Waals surface area contributed by atoms with Crippen LogP contribution < -0.4 is 16.2 Å². The normalized spacial score (nSPS) is 11.6. The molecule has 0 saturated heterocycles. The number of nitrogens with zero attached hydrogens (tertiary/aromatic N) is 3. The van der Waals surface area contributed by atoms with E-state index >= 15 is 0 Å². The van der Waals surface area contributed by atoms with Crippen LogP contribution in [0, 0.1) is 5.92 Å². The summed E-state index contributed by atoms with van der Waals surface area (Å²) < 4.78 is 5.40. The molecule has 3 aromatic carbocycles. The molecule has 4 aromatic rings. The molecule has 1 aromatic heterocycles. The van der Waals surface area contributed by atoms with Gasteiger partial charge in [0.25, 0.3) is 0 Å². The zero-order valence-corrected chi connectivity index (χ0v) is 22.8. The van der Waals surface area contributed by atoms with Gasteiger partial charge >= 0.3 is 0 Å². The first-order valence-corrected chi connectivity index (χ1v) is 12.7. The lowest BCUT2D eigenvalue weighted by Crippen LogP contribution is -2.27. The minimum absolute atomic E-state index is 0.370. The van der Waals surface area contributed by atoms with Crippen molar-refractivity contribution in [3.8, 4) is 16.9 Å². The van der Waals surface area contributed by atoms with Crippen LogP contribution in [0.2, 0.25) is 5.02 Å². The number of benzene rings is 3. The van der Waals surface area contributed by atoms with Gasteiger partial charge in [-0.2, -0.15) is 0 Å². The van der Waals surface area contributed by atoms with Gasteiger partial charge in [-0.25, -0.2) is 9.98 Å². The lowest BCUT2D eigenvalue weighted by molar-refractivity contribution is -0.121. The summed E-state index contributed by atoms with van der Waals surface area (Å²) in [4.78, 5) is 25.6. The first-order valence-electron chi connectivity index (χ1n) is 12.3. The summed E-state index contributed by atoms with van der Waals surface area (Å²) in [5, 5.41) is 0.604. The molecule has 0 bridgehead atoms. The number of amidine groups is 1. The zero-order valence-electron chi connectivity index (χ0n) is 22.0. The Morgan fingerprint density at radius 3 is 2.38 bits per heavy atom. The first-order chi connectivity index (χ1) is 19.0. The van der Waals surface area contributed by atoms with Gasteiger partial charge in [-0.05, 0) is 91.3 Å². The smallest absolute Gasteiger partial charge is 0.221 e. The molecule has 1 unspecified atom stereocenters. The molecule has 0 saturated carbocycles. The summed E-state index contributed by atoms with van der Waals surface area (Å²) in [6.45, 7) is 3.69. The lowest BCUT2D eigenvalue weighted by atomic mass is 9.89. The topological polar surface area (TPSA) is 116 Å². The van der Waals surface area contributed by atoms with Crippen LogP contribution in [0.1, 0.15) is 16.7 Å². The van der Waals surface area contributed by atoms with Gasteiger partial charge < -0.3 is 16.2 Å². The van der Waals surface area contributed by atoms with Gasteiger partial charge in [0.15, 0.2) is 5.84 Å². The molecule has 0 spiro atoms. The Hall–Kier alpha value is -4.33. The van der Waals surface area contributed by atoms with E-state index < -0.39 is 11.8 Å². The molecule has 4 N–H and O–H groups in total. The maximum absolute atomic E-state index is 12.6. The van der Waals surface area contributed by atoms with E-state index in [-0.39, 0.29) is 0 Å². The molecule has 4 rings (SSSR count). The third-order valence-corrected chi connectivity index (χ3v) is 6.44. The largest absolute Gasteiger partial charge is 0.497 e. The fourth-order valence-corrected chi connectivity index (χ4v) is 4.32. The Kier molecular flexibility index (Phi) is 10.9. The zero-order chi connectivity index (χ0) is 28.2. The predicted octanol–water partition coefficient (Wildman–Crippen LogP) is 5.65. The molecular weight excluding hydrogens is 510 g/mol. The molecule has 0 aliphatic heterocycles. The number of hydrogen-bond acceptors (Lipinski definition) is 5. The highest BCUT2D eigenvalue weighted by molar-refractivity contribution is 6.31. The molecule has 0 radical (unpaired) electrons. The SMILES string of the molecule is C=NC(=Nc1ccc(-c2cccc(OC)c2)cc1CC(Cc1ccccc1Cl)C(N)=O)c1cccnc1.CN. The summed E-state index contributed by atoms with van der Waals surface area (Å²) in [6, 6.07) is 24.9. The van der Waals surface area contributed by atoms with E-state index in [0.717, 1.165) is 33.6 Å². The highest BCUT2D eigenvalue weighted by Gasteiger charge is 2.21. The van der Waals surface area contributed by atoms with E-state index in [1.54, 1.807) is 19.5 Å². The minimum atomic E-state index is -0.493. The molecule has 7 nitrogen and oxygen atoms in total. The Balaban J connectivity index is 0.00000205. The number of halogens is 1. The van der Waals surface area contributed by atoms with Crippen molar-refractivity contribution in [1.82, 2.24) is 4.98 Å². The van der Waals surface area contributed by atoms with E-state index in [9.17, 15) is 4.79 Å². The van der Waals surface area contributed by atoms with Crippen LogP contribution in [0.15, 0.2) is 101 Å². The van der Waals surface area contributed by atoms with E-state index in [1.807, 2.05) is 78.9 Å². The number of methoxy groups -OCH3 is 1. The number of carbonyl (C=O) groups excluding carboxylic acids is 1. The quantitative estimate of drug-likeness (QED) is 0.210. The van der Waals surface area contributed by atoms with Gasteiger partial charge in [-0.15, -0.1) is 0 Å². The van der Waals surface area contributed by atoms with Crippen LogP contribution in [-0.2, 0) is 17.6 Å². The number of aromatic nitrogens is 1. The molecule has 1 heterocycles. The van der Waals surface area contributed by atoms with Gasteiger partial charge in [0.05, 0.1) is 12.8 Å². The minimum Gasteiger partial charge on any atom is -0.497 e. The van der Waals surface area contributed by atoms with Crippen molar-refractivity contribution in [2.45, 2.75) is 12.8 Å². The van der Waals surface area contributed by atoms with Crippen molar-refractivity contribution in [3.63, 3.8) is 0 Å². The lowest BCUT2D eigenvalue weighted by Gasteiger charge is -2.17. The van der Waals surface area contributed by atoms with Crippen LogP contribution in [0.25, 0.3) is 11.1 Å². The molecule has 0 fully saturated rings. The number of hydrogen-bond donors (Lipinski definition) is 2. The Labute approximate surface area is 234 Å². The van der Waals surface area contributed by atoms with Gasteiger partial charge in [0.1, 0.15) is 5.75 Å². The molecule has 8 heteroatoms. The summed E-state index contributed by atoms with van der Waals surface area (Å²) in [5.41, 5.74) is 15.4. The van der Waals surface area contributed by atoms with Crippen molar-refractivity contribution in [2.24, 2.45) is 27.4 Å². The molecule has 39 heavy (non-hydrogen) atoms. The summed E-state index contributed by atoms with van der Waals surface area (Å²) >= 11 is 6.39. The Bertz CT molecular complexity index is 1440. The molecule has 1 amide bonds. The molecule has 1 atom stereocenters. The van der Waals surface area contributed by atoms with Crippen LogP contribution >= 0.6 is 11.6 Å². The third kappa shape index (κ3) is 7.83. The average molecular weight is 542 g/mol. The van der Waals surface area contributed by atoms with Crippen molar-refractivity contribution >= 4 is 35.7 Å². The predicted molar refractivity (Wildman–Crippen MR) is 160 cm³/mol. The number of carbonyl (C=O) groups is 1. The highest BCUT2D eigenvalue weighted by Crippen LogP contribution is 2.32. The van der Waals surface area contributed by atoms with Gasteiger partial charge in [-0.3, -0.25) is 9.78 Å². The van der Waals surface area contributed by atoms with Gasteiger partial charge in [0.2, 0.25) is 5.91 Å². The number of pyridine rings is 1. The second-order valence-electron chi connectivity index (χ2n) is 8.51. The average Bonchev–Trinajstić information content (AvgIpc) is 2.98. The van der Waals surface area contributed by atoms with Gasteiger partial charge in [-0.1, -0.05) is 48.0 Å². The van der Waals surface area contributed by atoms with Crippen molar-refractivity contribution in [1.29, 1.82) is 0 Å². The fraction of sp³-hybridized carbons (Fsp3) is 0.161. The summed E-state index contributed by atoms with van der Waals surface area (Å²) in [7, 11) is 3.14. The van der Waals surface area contributed by atoms with Crippen LogP contribution in [0.4, 0.5) is 5.69 Å². The second-order valence-corrected chi connectivity index (χ2v) is 8.92. The van der Waals surface area contributed by atoms with E-state index in [4.69, 9.17) is 27.1 Å². The van der Waals surface area contributed by atoms with Crippen molar-refractivity contribution < 1.29 is 9.53 Å². The van der Waals surface area contributed by atoms with Crippen LogP contribution in [0.3, 0.4) is 0 Å². The number of nitrogens with two attached hydrogens (primary N) is 2. The molecular formula is C31H32ClN5O2. The van der Waals surface area contributed by atoms with Crippen molar-refractivity contribution in [2.75, 3.05) is 14.2 Å². The number of aliphatic imine (C=N–C) groups is 2. The maximum Gasteiger partial charge on any atom is 0.221 e. The van der Waals surface area contributed by atoms with Crippen LogP contribution in [0.5, 0.6) is 5.75 Å². The fourth-order valence-electron chi connectivity index (χ4n) is 4.11. The first kappa shape index (κ1) is 29.2. The second kappa shape index (κ2) is 14.6. The Morgan fingerprint density at radius 2 is 1.72 bits per heavy atom. The van der Waals surface area contributed by atoms with Crippen LogP contribution in [-0.4, -0.2) is 37.6 Å². The van der Waals surface area contributed by atoms with Crippen molar-refractivity contribution in [3.05, 3.63) is 113 Å². The van der Waals surface area contributed by atoms with E-state index in [2.05, 4.69) is 22.4 Å². The van der Waals surface area contributed by atoms with E-state index in [0.29, 0.717) is 29.4 Å². The molecule has 200 valence electrons. The highest BCUT2D eigenvalue weighted by atomic mass is 35.5. The maximum atomic E-state index is 12.6. The number of rotatable bonds is 9. The molecule has 0 aliphatic rings. The summed E-state index contributed by atoms with van der Waals surface area (Å²) in [5.74, 6) is 0.290. The van der Waals surface area contributed by atoms with Gasteiger partial charge in [0, 0.05) is 28.9 Å². The monoisotopic (exact) mass is 541 g/mol. The number of primary amides is 1. The molecule has 0 aliphatic carbocycles. The Morgan fingerprint density at radius 1 is 0.974 bits per heavy atom. The number of ether oxygens (including phenoxy) is 1. The van der Waals surface area contributed by atoms with E-state index in [1.165, 1.54) is 7.05 Å². The summed E-state index contributed by atoms with van der Waals surface area (Å²) in [6.07, 6.45) is 4.15. The standard InChI is InChI=1S/C30H27ClN4O2.CH5N/c1-33-30(23-9-6-14-34-19-23)35-28-13-12-21(20-8-5-10-26(18-20)37-2)15-24(28)17-25(29(32)36)16-22-7-3-4-11-27(22)31;1-2/h3-15,18-19,25H,1,16-17H2,2H3,(H2,32,36);2H2,1H3. The third-order valence-electron chi connectivity index (χ3n) is 6.07. The number of amides is 1.